The number of unbranched alkanes of at least 4 members (excludes halogenated alkanes) is 7. The van der Waals surface area contributed by atoms with Crippen LogP contribution in [0.15, 0.2) is 78.9 Å². The fraction of sp³-hybridized carbons (Fsp3) is 0.389. The third kappa shape index (κ3) is 12.1. The lowest BCUT2D eigenvalue weighted by Crippen LogP contribution is -2.10. The maximum Gasteiger partial charge on any atom is 0.343 e. The van der Waals surface area contributed by atoms with Crippen molar-refractivity contribution in [3.8, 4) is 28.4 Å². The molecule has 240 valence electrons. The molecular weight excluding hydrogens is 574 g/mol. The Hall–Kier alpha value is -4.66. The topological polar surface area (TPSA) is 114 Å². The minimum absolute atomic E-state index is 0.125. The first-order valence-corrected chi connectivity index (χ1v) is 15.6. The minimum atomic E-state index is -0.694. The Labute approximate surface area is 265 Å². The van der Waals surface area contributed by atoms with Crippen molar-refractivity contribution < 1.29 is 33.5 Å². The van der Waals surface area contributed by atoms with Gasteiger partial charge in [-0.2, -0.15) is 0 Å². The second-order valence-corrected chi connectivity index (χ2v) is 10.8. The van der Waals surface area contributed by atoms with Gasteiger partial charge in [0.2, 0.25) is 5.75 Å². The van der Waals surface area contributed by atoms with Gasteiger partial charge < -0.3 is 18.9 Å². The summed E-state index contributed by atoms with van der Waals surface area (Å²) >= 11 is 0. The van der Waals surface area contributed by atoms with Crippen molar-refractivity contribution in [3.05, 3.63) is 94.6 Å². The second-order valence-electron chi connectivity index (χ2n) is 10.8. The molecule has 0 radical (unpaired) electrons. The number of nitrogens with zero attached hydrogens (tertiary/aromatic N) is 1. The highest BCUT2D eigenvalue weighted by Gasteiger charge is 2.20. The van der Waals surface area contributed by atoms with E-state index in [0.717, 1.165) is 69.1 Å². The first-order valence-electron chi connectivity index (χ1n) is 15.6. The molecule has 3 aromatic rings. The average molecular weight is 618 g/mol. The van der Waals surface area contributed by atoms with Gasteiger partial charge in [-0.15, -0.1) is 0 Å². The number of ether oxygens (including phenoxy) is 4. The van der Waals surface area contributed by atoms with Gasteiger partial charge in [0.15, 0.2) is 0 Å². The highest BCUT2D eigenvalue weighted by molar-refractivity contribution is 5.92. The smallest absolute Gasteiger partial charge is 0.343 e. The third-order valence-corrected chi connectivity index (χ3v) is 7.04. The van der Waals surface area contributed by atoms with Crippen molar-refractivity contribution in [3.63, 3.8) is 0 Å². The number of hydrogen-bond donors (Lipinski definition) is 0. The minimum Gasteiger partial charge on any atom is -0.494 e. The number of carbonyl (C=O) groups excluding carboxylic acids is 2. The molecule has 45 heavy (non-hydrogen) atoms. The lowest BCUT2D eigenvalue weighted by molar-refractivity contribution is -0.385. The third-order valence-electron chi connectivity index (χ3n) is 7.04. The largest absolute Gasteiger partial charge is 0.494 e. The van der Waals surface area contributed by atoms with Gasteiger partial charge in [-0.3, -0.25) is 10.1 Å². The monoisotopic (exact) mass is 617 g/mol. The van der Waals surface area contributed by atoms with Crippen molar-refractivity contribution >= 4 is 17.6 Å². The van der Waals surface area contributed by atoms with E-state index in [9.17, 15) is 19.7 Å². The molecule has 3 aromatic carbocycles. The second kappa shape index (κ2) is 18.9. The zero-order valence-electron chi connectivity index (χ0n) is 26.3. The van der Waals surface area contributed by atoms with Crippen molar-refractivity contribution in [2.24, 2.45) is 0 Å². The van der Waals surface area contributed by atoms with Gasteiger partial charge in [-0.25, -0.2) is 9.59 Å². The average Bonchev–Trinajstić information content (AvgIpc) is 3.04. The van der Waals surface area contributed by atoms with Gasteiger partial charge in [0.05, 0.1) is 30.3 Å². The molecular formula is C36H43NO8. The van der Waals surface area contributed by atoms with E-state index in [-0.39, 0.29) is 23.0 Å². The fourth-order valence-corrected chi connectivity index (χ4v) is 4.42. The number of hydrogen-bond acceptors (Lipinski definition) is 8. The quantitative estimate of drug-likeness (QED) is 0.0308. The van der Waals surface area contributed by atoms with Crippen molar-refractivity contribution in [2.75, 3.05) is 19.8 Å². The molecule has 0 saturated carbocycles. The number of nitro groups is 1. The lowest BCUT2D eigenvalue weighted by Gasteiger charge is -2.10. The molecule has 0 fully saturated rings. The van der Waals surface area contributed by atoms with Gasteiger partial charge in [-0.1, -0.05) is 70.2 Å². The van der Waals surface area contributed by atoms with Crippen LogP contribution in [-0.2, 0) is 9.53 Å². The predicted molar refractivity (Wildman–Crippen MR) is 174 cm³/mol. The van der Waals surface area contributed by atoms with E-state index in [0.29, 0.717) is 36.7 Å². The fourth-order valence-electron chi connectivity index (χ4n) is 4.42. The molecule has 0 aliphatic rings. The number of carbonyl (C=O) groups is 2. The Kier molecular flexibility index (Phi) is 14.6. The highest BCUT2D eigenvalue weighted by Crippen LogP contribution is 2.33. The van der Waals surface area contributed by atoms with E-state index in [1.165, 1.54) is 12.1 Å². The van der Waals surface area contributed by atoms with Gasteiger partial charge in [0.25, 0.3) is 0 Å². The van der Waals surface area contributed by atoms with Crippen LogP contribution in [0.1, 0.15) is 82.0 Å². The summed E-state index contributed by atoms with van der Waals surface area (Å²) < 4.78 is 22.0. The molecule has 0 amide bonds. The summed E-state index contributed by atoms with van der Waals surface area (Å²) in [5.74, 6) is 0.223. The lowest BCUT2D eigenvalue weighted by atomic mass is 10.0. The molecule has 0 bridgehead atoms. The molecule has 0 N–H and O–H groups in total. The summed E-state index contributed by atoms with van der Waals surface area (Å²) in [4.78, 5) is 35.3. The van der Waals surface area contributed by atoms with Crippen LogP contribution >= 0.6 is 0 Å². The molecule has 0 saturated heterocycles. The molecule has 0 spiro atoms. The highest BCUT2D eigenvalue weighted by atomic mass is 16.6. The maximum absolute atomic E-state index is 12.8. The molecule has 9 heteroatoms. The summed E-state index contributed by atoms with van der Waals surface area (Å²) in [5, 5.41) is 11.8. The van der Waals surface area contributed by atoms with E-state index in [1.807, 2.05) is 24.3 Å². The van der Waals surface area contributed by atoms with Crippen LogP contribution < -0.4 is 14.2 Å². The van der Waals surface area contributed by atoms with E-state index in [1.54, 1.807) is 37.3 Å². The zero-order valence-corrected chi connectivity index (χ0v) is 26.3. The summed E-state index contributed by atoms with van der Waals surface area (Å²) in [7, 11) is 0. The summed E-state index contributed by atoms with van der Waals surface area (Å²) in [6.45, 7) is 8.94. The van der Waals surface area contributed by atoms with E-state index < -0.39 is 10.9 Å². The first-order chi connectivity index (χ1) is 21.8. The molecule has 0 aliphatic carbocycles. The standard InChI is InChI=1S/C36H43NO8/c1-4-5-23-42-31-18-13-28(14-19-31)30-17-22-34(33(26-30)37(40)41)45-36(39)29-15-20-32(21-16-29)43-24-11-9-7-6-8-10-12-25-44-35(38)27(2)3/h13-22,26H,2,4-12,23-25H2,1,3H3. The Morgan fingerprint density at radius 1 is 0.733 bits per heavy atom. The summed E-state index contributed by atoms with van der Waals surface area (Å²) in [5.41, 5.74) is 1.79. The zero-order chi connectivity index (χ0) is 32.4. The number of nitro benzene ring substituents is 1. The molecule has 9 nitrogen and oxygen atoms in total. The van der Waals surface area contributed by atoms with Gasteiger partial charge in [0, 0.05) is 11.6 Å². The first kappa shape index (κ1) is 34.8. The van der Waals surface area contributed by atoms with E-state index >= 15 is 0 Å². The number of rotatable bonds is 20. The molecule has 0 atom stereocenters. The Bertz CT molecular complexity index is 1400. The van der Waals surface area contributed by atoms with Gasteiger partial charge in [0.1, 0.15) is 11.5 Å². The summed E-state index contributed by atoms with van der Waals surface area (Å²) in [6, 6.07) is 18.4. The van der Waals surface area contributed by atoms with Crippen molar-refractivity contribution in [1.29, 1.82) is 0 Å². The van der Waals surface area contributed by atoms with Crippen LogP contribution in [0.2, 0.25) is 0 Å². The van der Waals surface area contributed by atoms with E-state index in [4.69, 9.17) is 18.9 Å². The van der Waals surface area contributed by atoms with Crippen molar-refractivity contribution in [1.82, 2.24) is 0 Å². The SMILES string of the molecule is C=C(C)C(=O)OCCCCCCCCCOc1ccc(C(=O)Oc2ccc(-c3ccc(OCCCC)cc3)cc2[N+](=O)[O-])cc1. The maximum atomic E-state index is 12.8. The Balaban J connectivity index is 1.41. The molecule has 0 aliphatic heterocycles. The molecule has 0 aromatic heterocycles. The van der Waals surface area contributed by atoms with Gasteiger partial charge >= 0.3 is 17.6 Å². The Morgan fingerprint density at radius 3 is 1.84 bits per heavy atom. The van der Waals surface area contributed by atoms with E-state index in [2.05, 4.69) is 13.5 Å². The van der Waals surface area contributed by atoms with Crippen LogP contribution in [0.4, 0.5) is 5.69 Å². The summed E-state index contributed by atoms with van der Waals surface area (Å²) in [6.07, 6.45) is 9.18. The van der Waals surface area contributed by atoms with Crippen LogP contribution in [0, 0.1) is 10.1 Å². The van der Waals surface area contributed by atoms with Crippen LogP contribution in [0.5, 0.6) is 17.2 Å². The molecule has 0 heterocycles. The number of benzene rings is 3. The van der Waals surface area contributed by atoms with Crippen molar-refractivity contribution in [2.45, 2.75) is 71.6 Å². The molecule has 0 unspecified atom stereocenters. The van der Waals surface area contributed by atoms with Gasteiger partial charge in [-0.05, 0) is 79.8 Å². The number of esters is 2. The Morgan fingerprint density at radius 2 is 1.27 bits per heavy atom. The van der Waals surface area contributed by atoms with Crippen LogP contribution in [0.3, 0.4) is 0 Å². The van der Waals surface area contributed by atoms with Crippen LogP contribution in [0.25, 0.3) is 11.1 Å². The molecule has 3 rings (SSSR count). The normalized spacial score (nSPS) is 10.6. The van der Waals surface area contributed by atoms with Crippen LogP contribution in [-0.4, -0.2) is 36.7 Å². The predicted octanol–water partition coefficient (Wildman–Crippen LogP) is 8.89.